The molecule has 1 saturated carbocycles. The zero-order chi connectivity index (χ0) is 14.4. The quantitative estimate of drug-likeness (QED) is 0.525. The Balaban J connectivity index is 1.49. The lowest BCUT2D eigenvalue weighted by Crippen LogP contribution is -2.37. The smallest absolute Gasteiger partial charge is 0.197 e. The van der Waals surface area contributed by atoms with Crippen molar-refractivity contribution in [2.24, 2.45) is 17.8 Å². The minimum Gasteiger partial charge on any atom is -0.383 e. The van der Waals surface area contributed by atoms with E-state index in [0.717, 1.165) is 25.2 Å². The van der Waals surface area contributed by atoms with Crippen LogP contribution in [0.1, 0.15) is 23.3 Å². The number of amidine groups is 1. The van der Waals surface area contributed by atoms with Crippen LogP contribution in [0.15, 0.2) is 28.7 Å². The van der Waals surface area contributed by atoms with E-state index >= 15 is 0 Å². The molecule has 2 aromatic heterocycles. The highest BCUT2D eigenvalue weighted by atomic mass is 32.1. The molecule has 2 aromatic rings. The highest BCUT2D eigenvalue weighted by Crippen LogP contribution is 2.26. The molecule has 6 heteroatoms. The average molecular weight is 302 g/mol. The van der Waals surface area contributed by atoms with Crippen molar-refractivity contribution in [3.8, 4) is 0 Å². The van der Waals surface area contributed by atoms with E-state index in [2.05, 4.69) is 50.0 Å². The molecule has 21 heavy (non-hydrogen) atoms. The van der Waals surface area contributed by atoms with E-state index in [-0.39, 0.29) is 0 Å². The number of thiophene rings is 1. The van der Waals surface area contributed by atoms with Gasteiger partial charge in [0.25, 0.3) is 0 Å². The maximum atomic E-state index is 6.07. The van der Waals surface area contributed by atoms with E-state index in [4.69, 9.17) is 5.73 Å². The molecule has 0 aromatic carbocycles. The lowest BCUT2D eigenvalue weighted by molar-refractivity contribution is -0.751. The molecule has 0 radical (unpaired) electrons. The second-order valence-corrected chi connectivity index (χ2v) is 6.84. The first-order valence-electron chi connectivity index (χ1n) is 7.42. The van der Waals surface area contributed by atoms with Crippen LogP contribution in [0.2, 0.25) is 0 Å². The highest BCUT2D eigenvalue weighted by Gasteiger charge is 2.25. The van der Waals surface area contributed by atoms with Crippen LogP contribution < -0.4 is 15.3 Å². The Bertz CT molecular complexity index is 695. The molecule has 2 aliphatic rings. The maximum absolute atomic E-state index is 6.07. The number of nitrogens with zero attached hydrogens (tertiary/aromatic N) is 4. The molecular formula is C15H20N5S+. The molecule has 0 spiro atoms. The molecule has 0 atom stereocenters. The summed E-state index contributed by atoms with van der Waals surface area (Å²) in [5, 5.41) is 2.13. The first-order chi connectivity index (χ1) is 10.2. The van der Waals surface area contributed by atoms with Gasteiger partial charge in [0.15, 0.2) is 19.1 Å². The molecule has 0 unspecified atom stereocenters. The Kier molecular flexibility index (Phi) is 2.99. The van der Waals surface area contributed by atoms with Crippen LogP contribution >= 0.6 is 11.3 Å². The van der Waals surface area contributed by atoms with Crippen LogP contribution in [0, 0.1) is 0 Å². The normalized spacial score (nSPS) is 18.3. The van der Waals surface area contributed by atoms with E-state index in [9.17, 15) is 0 Å². The second kappa shape index (κ2) is 4.87. The van der Waals surface area contributed by atoms with Gasteiger partial charge in [-0.25, -0.2) is 0 Å². The SMILES string of the molecule is C[n+]1ccc2n1CCN2Cc1cc(C(N)=NC2CC2)cs1. The van der Waals surface area contributed by atoms with Crippen LogP contribution in [0.4, 0.5) is 5.82 Å². The van der Waals surface area contributed by atoms with Crippen molar-refractivity contribution < 1.29 is 4.68 Å². The van der Waals surface area contributed by atoms with Gasteiger partial charge in [-0.1, -0.05) is 0 Å². The van der Waals surface area contributed by atoms with Gasteiger partial charge in [0.1, 0.15) is 5.84 Å². The molecule has 1 aliphatic carbocycles. The molecule has 2 N–H and O–H groups in total. The number of rotatable bonds is 4. The third-order valence-electron chi connectivity index (χ3n) is 4.16. The topological polar surface area (TPSA) is 50.4 Å². The third-order valence-corrected chi connectivity index (χ3v) is 5.08. The van der Waals surface area contributed by atoms with Gasteiger partial charge in [0.2, 0.25) is 0 Å². The lowest BCUT2D eigenvalue weighted by Gasteiger charge is -2.14. The Labute approximate surface area is 128 Å². The molecule has 3 heterocycles. The summed E-state index contributed by atoms with van der Waals surface area (Å²) >= 11 is 1.78. The fourth-order valence-electron chi connectivity index (χ4n) is 2.79. The lowest BCUT2D eigenvalue weighted by atomic mass is 10.3. The number of aliphatic imine (C=N–C) groups is 1. The van der Waals surface area contributed by atoms with E-state index < -0.39 is 0 Å². The fraction of sp³-hybridized carbons (Fsp3) is 0.467. The summed E-state index contributed by atoms with van der Waals surface area (Å²) in [6.45, 7) is 3.08. The van der Waals surface area contributed by atoms with Crippen molar-refractivity contribution in [3.05, 3.63) is 34.2 Å². The average Bonchev–Trinajstić information content (AvgIpc) is 2.90. The van der Waals surface area contributed by atoms with Gasteiger partial charge < -0.3 is 10.6 Å². The molecule has 1 fully saturated rings. The van der Waals surface area contributed by atoms with Gasteiger partial charge in [-0.05, 0) is 18.9 Å². The second-order valence-electron chi connectivity index (χ2n) is 5.84. The Hall–Kier alpha value is -1.82. The molecule has 0 amide bonds. The number of anilines is 1. The summed E-state index contributed by atoms with van der Waals surface area (Å²) < 4.78 is 4.45. The highest BCUT2D eigenvalue weighted by molar-refractivity contribution is 7.10. The molecule has 5 nitrogen and oxygen atoms in total. The summed E-state index contributed by atoms with van der Waals surface area (Å²) in [5.74, 6) is 2.00. The number of aryl methyl sites for hydroxylation is 1. The Morgan fingerprint density at radius 2 is 2.33 bits per heavy atom. The molecule has 1 aliphatic heterocycles. The summed E-state index contributed by atoms with van der Waals surface area (Å²) in [7, 11) is 2.09. The van der Waals surface area contributed by atoms with Gasteiger partial charge in [-0.15, -0.1) is 20.7 Å². The Morgan fingerprint density at radius 1 is 1.48 bits per heavy atom. The van der Waals surface area contributed by atoms with Gasteiger partial charge in [0, 0.05) is 22.4 Å². The zero-order valence-corrected chi connectivity index (χ0v) is 13.0. The molecule has 4 rings (SSSR count). The first-order valence-corrected chi connectivity index (χ1v) is 8.30. The van der Waals surface area contributed by atoms with Crippen molar-refractivity contribution in [2.75, 3.05) is 11.4 Å². The summed E-state index contributed by atoms with van der Waals surface area (Å²) in [4.78, 5) is 8.29. The number of fused-ring (bicyclic) bond motifs is 1. The van der Waals surface area contributed by atoms with Crippen molar-refractivity contribution in [3.63, 3.8) is 0 Å². The maximum Gasteiger partial charge on any atom is 0.197 e. The summed E-state index contributed by atoms with van der Waals surface area (Å²) in [6.07, 6.45) is 4.50. The van der Waals surface area contributed by atoms with Gasteiger partial charge in [0.05, 0.1) is 25.2 Å². The summed E-state index contributed by atoms with van der Waals surface area (Å²) in [5.41, 5.74) is 7.16. The van der Waals surface area contributed by atoms with Gasteiger partial charge >= 0.3 is 0 Å². The van der Waals surface area contributed by atoms with Crippen molar-refractivity contribution in [1.29, 1.82) is 0 Å². The van der Waals surface area contributed by atoms with Gasteiger partial charge in [-0.3, -0.25) is 4.99 Å². The van der Waals surface area contributed by atoms with Crippen molar-refractivity contribution in [1.82, 2.24) is 4.68 Å². The zero-order valence-electron chi connectivity index (χ0n) is 12.2. The van der Waals surface area contributed by atoms with Crippen molar-refractivity contribution >= 4 is 23.0 Å². The molecule has 110 valence electrons. The van der Waals surface area contributed by atoms with Crippen LogP contribution in [0.25, 0.3) is 0 Å². The van der Waals surface area contributed by atoms with Crippen LogP contribution in [-0.4, -0.2) is 23.1 Å². The van der Waals surface area contributed by atoms with Crippen molar-refractivity contribution in [2.45, 2.75) is 32.0 Å². The largest absolute Gasteiger partial charge is 0.383 e. The minimum absolute atomic E-state index is 0.482. The predicted octanol–water partition coefficient (Wildman–Crippen LogP) is 1.26. The number of hydrogen-bond acceptors (Lipinski definition) is 3. The summed E-state index contributed by atoms with van der Waals surface area (Å²) in [6, 6.07) is 4.86. The number of hydrogen-bond donors (Lipinski definition) is 1. The van der Waals surface area contributed by atoms with E-state index in [1.807, 2.05) is 0 Å². The van der Waals surface area contributed by atoms with E-state index in [0.29, 0.717) is 11.9 Å². The molecule has 0 bridgehead atoms. The predicted molar refractivity (Wildman–Crippen MR) is 84.7 cm³/mol. The van der Waals surface area contributed by atoms with Crippen LogP contribution in [0.5, 0.6) is 0 Å². The van der Waals surface area contributed by atoms with Crippen LogP contribution in [0.3, 0.4) is 0 Å². The third kappa shape index (κ3) is 2.44. The van der Waals surface area contributed by atoms with E-state index in [1.165, 1.54) is 23.5 Å². The first kappa shape index (κ1) is 12.9. The Morgan fingerprint density at radius 3 is 3.14 bits per heavy atom. The minimum atomic E-state index is 0.482. The van der Waals surface area contributed by atoms with E-state index in [1.54, 1.807) is 11.3 Å². The molecular weight excluding hydrogens is 282 g/mol. The fourth-order valence-corrected chi connectivity index (χ4v) is 3.69. The monoisotopic (exact) mass is 302 g/mol. The standard InChI is InChI=1S/C15H20N5S/c1-18-5-4-14-19(6-7-20(14)18)9-13-8-11(10-21-13)15(16)17-12-2-3-12/h4-5,8,10,12H,2-3,6-7,9H2,1H3,(H2,16,17)/q+1. The number of nitrogens with two attached hydrogens (primary N) is 1. The van der Waals surface area contributed by atoms with Gasteiger partial charge in [-0.2, -0.15) is 0 Å². The molecule has 0 saturated heterocycles. The van der Waals surface area contributed by atoms with Crippen LogP contribution in [-0.2, 0) is 20.1 Å². The number of aromatic nitrogens is 2.